The second-order valence-electron chi connectivity index (χ2n) is 6.82. The Morgan fingerprint density at radius 3 is 2.67 bits per heavy atom. The van der Waals surface area contributed by atoms with Gasteiger partial charge in [0.05, 0.1) is 5.57 Å². The fraction of sp³-hybridized carbons (Fsp3) is 0.190. The second kappa shape index (κ2) is 6.09. The van der Waals surface area contributed by atoms with Crippen molar-refractivity contribution in [1.29, 1.82) is 5.41 Å². The minimum absolute atomic E-state index is 0.00143. The molecule has 27 heavy (non-hydrogen) atoms. The monoisotopic (exact) mass is 360 g/mol. The topological polar surface area (TPSA) is 70.7 Å². The number of nitrogens with one attached hydrogen (secondary N) is 1. The van der Waals surface area contributed by atoms with Crippen molar-refractivity contribution in [2.24, 2.45) is 4.99 Å². The van der Waals surface area contributed by atoms with E-state index in [0.29, 0.717) is 11.6 Å². The number of carbonyl (C=O) groups excluding carboxylic acids is 1. The van der Waals surface area contributed by atoms with Crippen LogP contribution in [-0.4, -0.2) is 27.2 Å². The molecule has 1 N–H and O–H groups in total. The van der Waals surface area contributed by atoms with Crippen molar-refractivity contribution in [3.8, 4) is 5.69 Å². The summed E-state index contributed by atoms with van der Waals surface area (Å²) < 4.78 is 2.14. The van der Waals surface area contributed by atoms with Crippen LogP contribution in [0.25, 0.3) is 11.8 Å². The Morgan fingerprint density at radius 1 is 1.15 bits per heavy atom. The van der Waals surface area contributed by atoms with Gasteiger partial charge in [0, 0.05) is 23.2 Å². The maximum absolute atomic E-state index is 12.5. The van der Waals surface area contributed by atoms with E-state index in [4.69, 9.17) is 10.2 Å². The van der Waals surface area contributed by atoms with E-state index in [2.05, 4.69) is 34.7 Å². The average molecular weight is 360 g/mol. The third-order valence-corrected chi connectivity index (χ3v) is 4.71. The number of amides is 1. The lowest BCUT2D eigenvalue weighted by Crippen LogP contribution is -2.38. The van der Waals surface area contributed by atoms with E-state index >= 15 is 0 Å². The van der Waals surface area contributed by atoms with E-state index in [-0.39, 0.29) is 11.4 Å². The molecule has 0 saturated carbocycles. The van der Waals surface area contributed by atoms with E-state index in [0.717, 1.165) is 22.6 Å². The first-order valence-electron chi connectivity index (χ1n) is 8.71. The second-order valence-corrected chi connectivity index (χ2v) is 6.82. The van der Waals surface area contributed by atoms with E-state index < -0.39 is 5.91 Å². The number of nitrogens with zero attached hydrogens (tertiary/aromatic N) is 3. The quantitative estimate of drug-likeness (QED) is 0.827. The average Bonchev–Trinajstić information content (AvgIpc) is 3.10. The number of amidine groups is 2. The van der Waals surface area contributed by atoms with Crippen LogP contribution >= 0.6 is 0 Å². The van der Waals surface area contributed by atoms with Gasteiger partial charge in [-0.2, -0.15) is 4.99 Å². The summed E-state index contributed by atoms with van der Waals surface area (Å²) in [5.74, 6) is 0.523. The third kappa shape index (κ3) is 2.79. The Morgan fingerprint density at radius 2 is 1.93 bits per heavy atom. The van der Waals surface area contributed by atoms with Crippen molar-refractivity contribution in [3.05, 3.63) is 70.3 Å². The molecule has 0 atom stereocenters. The molecule has 6 nitrogen and oxygen atoms in total. The molecule has 3 heterocycles. The van der Waals surface area contributed by atoms with Gasteiger partial charge in [-0.3, -0.25) is 10.2 Å². The summed E-state index contributed by atoms with van der Waals surface area (Å²) in [6.07, 6.45) is 3.36. The van der Waals surface area contributed by atoms with Gasteiger partial charge in [-0.15, -0.1) is 5.06 Å². The van der Waals surface area contributed by atoms with Crippen LogP contribution in [0.4, 0.5) is 0 Å². The number of hydroxylamine groups is 2. The Bertz CT molecular complexity index is 1090. The van der Waals surface area contributed by atoms with Gasteiger partial charge in [0.2, 0.25) is 0 Å². The maximum Gasteiger partial charge on any atom is 0.282 e. The van der Waals surface area contributed by atoms with Gasteiger partial charge in [-0.1, -0.05) is 12.1 Å². The summed E-state index contributed by atoms with van der Waals surface area (Å²) in [6.45, 7) is 7.85. The van der Waals surface area contributed by atoms with E-state index in [1.165, 1.54) is 10.6 Å². The molecule has 6 heteroatoms. The van der Waals surface area contributed by atoms with E-state index in [1.807, 2.05) is 26.0 Å². The molecule has 1 aromatic heterocycles. The lowest BCUT2D eigenvalue weighted by Gasteiger charge is -2.22. The summed E-state index contributed by atoms with van der Waals surface area (Å²) in [5.41, 5.74) is 5.40. The van der Waals surface area contributed by atoms with Crippen LogP contribution in [0.5, 0.6) is 0 Å². The summed E-state index contributed by atoms with van der Waals surface area (Å²) in [7, 11) is 0. The molecule has 4 rings (SSSR count). The van der Waals surface area contributed by atoms with Crippen molar-refractivity contribution in [3.63, 3.8) is 0 Å². The molecule has 0 aliphatic carbocycles. The van der Waals surface area contributed by atoms with Gasteiger partial charge in [0.15, 0.2) is 11.7 Å². The van der Waals surface area contributed by atoms with Crippen molar-refractivity contribution >= 4 is 23.7 Å². The van der Waals surface area contributed by atoms with Gasteiger partial charge in [-0.25, -0.2) is 0 Å². The zero-order valence-corrected chi connectivity index (χ0v) is 15.7. The highest BCUT2D eigenvalue weighted by Crippen LogP contribution is 2.27. The number of rotatable bonds is 2. The maximum atomic E-state index is 12.5. The molecule has 0 unspecified atom stereocenters. The van der Waals surface area contributed by atoms with Crippen LogP contribution in [0.1, 0.15) is 29.4 Å². The van der Waals surface area contributed by atoms with Crippen molar-refractivity contribution < 1.29 is 9.63 Å². The number of aryl methyl sites for hydroxylation is 2. The Balaban J connectivity index is 1.77. The van der Waals surface area contributed by atoms with Crippen LogP contribution in [0.15, 0.2) is 52.7 Å². The summed E-state index contributed by atoms with van der Waals surface area (Å²) >= 11 is 0. The Hall–Kier alpha value is -3.41. The predicted molar refractivity (Wildman–Crippen MR) is 105 cm³/mol. The minimum atomic E-state index is -0.429. The zero-order valence-electron chi connectivity index (χ0n) is 15.7. The summed E-state index contributed by atoms with van der Waals surface area (Å²) in [5, 5.41) is 9.64. The summed E-state index contributed by atoms with van der Waals surface area (Å²) in [6, 6.07) is 10.3. The summed E-state index contributed by atoms with van der Waals surface area (Å²) in [4.78, 5) is 22.0. The molecule has 2 aliphatic rings. The highest BCUT2D eigenvalue weighted by Gasteiger charge is 2.34. The molecule has 2 aromatic rings. The van der Waals surface area contributed by atoms with Crippen LogP contribution in [0.2, 0.25) is 0 Å². The Kier molecular flexibility index (Phi) is 3.84. The number of fused-ring (bicyclic) bond motifs is 1. The van der Waals surface area contributed by atoms with Gasteiger partial charge in [0.25, 0.3) is 5.91 Å². The number of allylic oxidation sites excluding steroid dienone is 1. The largest absolute Gasteiger partial charge is 0.376 e. The number of aromatic nitrogens is 1. The Labute approximate surface area is 157 Å². The standard InChI is InChI=1S/C21H20N4O2/c1-12-6-5-7-17(8-12)24-13(2)9-16(15(24)4)11-18-20(22)25-19(23-21(18)26)10-14(3)27-25/h5-11,22H,1-4H3/b18-11-,22-20?. The molecule has 0 fully saturated rings. The number of benzene rings is 1. The molecule has 0 saturated heterocycles. The number of aliphatic imine (C=N–C) groups is 1. The molecule has 1 aromatic carbocycles. The van der Waals surface area contributed by atoms with Crippen LogP contribution in [-0.2, 0) is 9.63 Å². The predicted octanol–water partition coefficient (Wildman–Crippen LogP) is 3.85. The zero-order chi connectivity index (χ0) is 19.3. The fourth-order valence-electron chi connectivity index (χ4n) is 3.45. The van der Waals surface area contributed by atoms with E-state index in [9.17, 15) is 4.79 Å². The van der Waals surface area contributed by atoms with Crippen molar-refractivity contribution in [2.75, 3.05) is 0 Å². The number of hydrogen-bond donors (Lipinski definition) is 1. The molecule has 0 spiro atoms. The highest BCUT2D eigenvalue weighted by atomic mass is 16.7. The lowest BCUT2D eigenvalue weighted by molar-refractivity contribution is -0.114. The first-order valence-corrected chi connectivity index (χ1v) is 8.71. The number of carbonyl (C=O) groups is 1. The van der Waals surface area contributed by atoms with Gasteiger partial charge >= 0.3 is 0 Å². The van der Waals surface area contributed by atoms with Crippen molar-refractivity contribution in [2.45, 2.75) is 27.7 Å². The first-order chi connectivity index (χ1) is 12.8. The SMILES string of the molecule is CC1=CC2=NC(=O)/C(=C\c3cc(C)n(-c4cccc(C)c4)c3C)C(=N)N2O1. The van der Waals surface area contributed by atoms with Gasteiger partial charge < -0.3 is 9.40 Å². The van der Waals surface area contributed by atoms with Gasteiger partial charge in [-0.05, 0) is 63.1 Å². The molecule has 0 radical (unpaired) electrons. The molecule has 1 amide bonds. The molecular formula is C21H20N4O2. The van der Waals surface area contributed by atoms with Gasteiger partial charge in [0.1, 0.15) is 5.76 Å². The first kappa shape index (κ1) is 17.0. The molecular weight excluding hydrogens is 340 g/mol. The van der Waals surface area contributed by atoms with Crippen LogP contribution < -0.4 is 0 Å². The third-order valence-electron chi connectivity index (χ3n) is 4.71. The number of hydrogen-bond acceptors (Lipinski definition) is 3. The lowest BCUT2D eigenvalue weighted by atomic mass is 10.1. The molecule has 0 bridgehead atoms. The van der Waals surface area contributed by atoms with Crippen LogP contribution in [0.3, 0.4) is 0 Å². The highest BCUT2D eigenvalue weighted by molar-refractivity contribution is 6.32. The van der Waals surface area contributed by atoms with E-state index in [1.54, 1.807) is 19.1 Å². The van der Waals surface area contributed by atoms with Crippen LogP contribution in [0, 0.1) is 26.2 Å². The molecule has 136 valence electrons. The normalized spacial score (nSPS) is 17.8. The minimum Gasteiger partial charge on any atom is -0.376 e. The smallest absolute Gasteiger partial charge is 0.282 e. The fourth-order valence-corrected chi connectivity index (χ4v) is 3.45. The van der Waals surface area contributed by atoms with Crippen molar-refractivity contribution in [1.82, 2.24) is 9.63 Å². The molecule has 2 aliphatic heterocycles.